The van der Waals surface area contributed by atoms with E-state index in [2.05, 4.69) is 6.58 Å². The highest BCUT2D eigenvalue weighted by atomic mass is 32.1. The minimum Gasteiger partial charge on any atom is -0.508 e. The normalized spacial score (nSPS) is 9.50. The topological polar surface area (TPSA) is 29.5 Å². The fraction of sp³-hybridized carbons (Fsp3) is 0.182. The van der Waals surface area contributed by atoms with Gasteiger partial charge in [0.05, 0.1) is 0 Å². The summed E-state index contributed by atoms with van der Waals surface area (Å²) in [4.78, 5) is 0. The molecule has 0 saturated carbocycles. The minimum absolute atomic E-state index is 0.219. The van der Waals surface area contributed by atoms with Crippen LogP contribution in [0.15, 0.2) is 36.4 Å². The molecule has 0 unspecified atom stereocenters. The van der Waals surface area contributed by atoms with E-state index in [-0.39, 0.29) is 5.75 Å². The number of hydrogen-bond donors (Lipinski definition) is 1. The summed E-state index contributed by atoms with van der Waals surface area (Å²) in [6.07, 6.45) is 0. The molecule has 1 rings (SSSR count). The second-order valence-electron chi connectivity index (χ2n) is 3.08. The van der Waals surface area contributed by atoms with Gasteiger partial charge >= 0.3 is 0 Å². The lowest BCUT2D eigenvalue weighted by molar-refractivity contribution is 0.350. The Bertz CT molecular complexity index is 341. The summed E-state index contributed by atoms with van der Waals surface area (Å²) < 4.78 is 5.28. The van der Waals surface area contributed by atoms with Crippen molar-refractivity contribution in [3.05, 3.63) is 42.0 Å². The second kappa shape index (κ2) is 4.77. The minimum atomic E-state index is 0.219. The molecular formula is C11H12O2S. The van der Waals surface area contributed by atoms with E-state index in [4.69, 9.17) is 22.1 Å². The molecule has 0 aliphatic rings. The summed E-state index contributed by atoms with van der Waals surface area (Å²) in [5, 5.41) is 9.48. The monoisotopic (exact) mass is 208 g/mol. The van der Waals surface area contributed by atoms with E-state index in [1.165, 1.54) is 0 Å². The first kappa shape index (κ1) is 10.7. The van der Waals surface area contributed by atoms with E-state index < -0.39 is 0 Å². The Morgan fingerprint density at radius 1 is 1.43 bits per heavy atom. The average Bonchev–Trinajstić information content (AvgIpc) is 2.15. The first-order valence-corrected chi connectivity index (χ1v) is 4.61. The maximum absolute atomic E-state index is 9.06. The lowest BCUT2D eigenvalue weighted by Gasteiger charge is -2.06. The summed E-state index contributed by atoms with van der Waals surface area (Å²) in [6.45, 7) is 6.01. The number of hydrogen-bond acceptors (Lipinski definition) is 3. The molecule has 2 nitrogen and oxygen atoms in total. The van der Waals surface area contributed by atoms with E-state index in [0.717, 1.165) is 11.1 Å². The zero-order chi connectivity index (χ0) is 10.6. The molecule has 0 amide bonds. The molecule has 0 bridgehead atoms. The first-order chi connectivity index (χ1) is 6.59. The number of phenols is 1. The van der Waals surface area contributed by atoms with E-state index in [1.54, 1.807) is 24.3 Å². The highest BCUT2D eigenvalue weighted by Crippen LogP contribution is 2.11. The molecule has 0 radical (unpaired) electrons. The predicted molar refractivity (Wildman–Crippen MR) is 60.6 cm³/mol. The van der Waals surface area contributed by atoms with E-state index in [9.17, 15) is 0 Å². The van der Waals surface area contributed by atoms with Crippen molar-refractivity contribution in [2.24, 2.45) is 0 Å². The van der Waals surface area contributed by atoms with Crippen molar-refractivity contribution in [2.45, 2.75) is 6.92 Å². The van der Waals surface area contributed by atoms with Crippen LogP contribution in [0.4, 0.5) is 0 Å². The van der Waals surface area contributed by atoms with E-state index in [1.807, 2.05) is 6.92 Å². The fourth-order valence-electron chi connectivity index (χ4n) is 0.870. The molecule has 0 atom stereocenters. The van der Waals surface area contributed by atoms with Gasteiger partial charge in [0.1, 0.15) is 12.4 Å². The van der Waals surface area contributed by atoms with E-state index >= 15 is 0 Å². The summed E-state index contributed by atoms with van der Waals surface area (Å²) in [5.41, 5.74) is 1.71. The van der Waals surface area contributed by atoms with Crippen LogP contribution in [0.25, 0.3) is 0 Å². The Balaban J connectivity index is 2.61. The summed E-state index contributed by atoms with van der Waals surface area (Å²) in [7, 11) is 0. The molecule has 0 aromatic heterocycles. The second-order valence-corrected chi connectivity index (χ2v) is 3.45. The first-order valence-electron chi connectivity index (χ1n) is 4.20. The quantitative estimate of drug-likeness (QED) is 0.611. The Kier molecular flexibility index (Phi) is 3.65. The van der Waals surface area contributed by atoms with Crippen molar-refractivity contribution in [3.8, 4) is 5.75 Å². The van der Waals surface area contributed by atoms with Gasteiger partial charge < -0.3 is 9.84 Å². The molecule has 0 aliphatic heterocycles. The van der Waals surface area contributed by atoms with Crippen molar-refractivity contribution < 1.29 is 9.84 Å². The molecule has 0 fully saturated rings. The molecule has 14 heavy (non-hydrogen) atoms. The third kappa shape index (κ3) is 3.18. The Hall–Kier alpha value is -1.35. The van der Waals surface area contributed by atoms with Crippen molar-refractivity contribution in [1.29, 1.82) is 0 Å². The van der Waals surface area contributed by atoms with Gasteiger partial charge in [0.15, 0.2) is 5.05 Å². The molecule has 1 aromatic carbocycles. The maximum atomic E-state index is 9.06. The SMILES string of the molecule is C=C(C)COC(=S)c1ccc(O)cc1. The molecule has 0 saturated heterocycles. The molecule has 1 N–H and O–H groups in total. The zero-order valence-electron chi connectivity index (χ0n) is 7.99. The Labute approximate surface area is 88.8 Å². The Morgan fingerprint density at radius 3 is 2.50 bits per heavy atom. The van der Waals surface area contributed by atoms with Gasteiger partial charge in [-0.25, -0.2) is 0 Å². The van der Waals surface area contributed by atoms with Crippen molar-refractivity contribution in [3.63, 3.8) is 0 Å². The smallest absolute Gasteiger partial charge is 0.191 e. The molecule has 1 aromatic rings. The summed E-state index contributed by atoms with van der Waals surface area (Å²) >= 11 is 5.04. The molecular weight excluding hydrogens is 196 g/mol. The standard InChI is InChI=1S/C11H12O2S/c1-8(2)7-13-11(14)9-3-5-10(12)6-4-9/h3-6,12H,1,7H2,2H3. The molecule has 3 heteroatoms. The predicted octanol–water partition coefficient (Wildman–Crippen LogP) is 2.66. The van der Waals surface area contributed by atoms with Crippen LogP contribution in [0.3, 0.4) is 0 Å². The van der Waals surface area contributed by atoms with Gasteiger partial charge in [0, 0.05) is 5.56 Å². The van der Waals surface area contributed by atoms with Crippen LogP contribution in [0.1, 0.15) is 12.5 Å². The van der Waals surface area contributed by atoms with Crippen LogP contribution in [0, 0.1) is 0 Å². The number of thiocarbonyl (C=S) groups is 1. The van der Waals surface area contributed by atoms with Crippen molar-refractivity contribution in [2.75, 3.05) is 6.61 Å². The molecule has 0 heterocycles. The highest BCUT2D eigenvalue weighted by molar-refractivity contribution is 7.80. The van der Waals surface area contributed by atoms with E-state index in [0.29, 0.717) is 11.7 Å². The van der Waals surface area contributed by atoms with Gasteiger partial charge in [-0.2, -0.15) is 0 Å². The number of aromatic hydroxyl groups is 1. The van der Waals surface area contributed by atoms with Gasteiger partial charge in [-0.15, -0.1) is 0 Å². The van der Waals surface area contributed by atoms with Crippen LogP contribution in [0.5, 0.6) is 5.75 Å². The molecule has 0 spiro atoms. The fourth-order valence-corrected chi connectivity index (χ4v) is 1.06. The largest absolute Gasteiger partial charge is 0.508 e. The van der Waals surface area contributed by atoms with Gasteiger partial charge in [-0.3, -0.25) is 0 Å². The lowest BCUT2D eigenvalue weighted by atomic mass is 10.2. The van der Waals surface area contributed by atoms with Gasteiger partial charge in [-0.1, -0.05) is 6.58 Å². The summed E-state index contributed by atoms with van der Waals surface area (Å²) in [6, 6.07) is 6.59. The number of rotatable bonds is 3. The average molecular weight is 208 g/mol. The zero-order valence-corrected chi connectivity index (χ0v) is 8.80. The van der Waals surface area contributed by atoms with Crippen molar-refractivity contribution in [1.82, 2.24) is 0 Å². The van der Waals surface area contributed by atoms with Crippen LogP contribution in [-0.2, 0) is 4.74 Å². The highest BCUT2D eigenvalue weighted by Gasteiger charge is 2.01. The van der Waals surface area contributed by atoms with Crippen LogP contribution in [0.2, 0.25) is 0 Å². The lowest BCUT2D eigenvalue weighted by Crippen LogP contribution is -2.04. The number of benzene rings is 1. The van der Waals surface area contributed by atoms with Crippen LogP contribution >= 0.6 is 12.2 Å². The van der Waals surface area contributed by atoms with Gasteiger partial charge in [0.2, 0.25) is 0 Å². The van der Waals surface area contributed by atoms with Gasteiger partial charge in [0.25, 0.3) is 0 Å². The maximum Gasteiger partial charge on any atom is 0.191 e. The van der Waals surface area contributed by atoms with Crippen molar-refractivity contribution >= 4 is 17.3 Å². The summed E-state index contributed by atoms with van der Waals surface area (Å²) in [5.74, 6) is 0.219. The number of phenolic OH excluding ortho intramolecular Hbond substituents is 1. The Morgan fingerprint density at radius 2 is 2.00 bits per heavy atom. The number of ether oxygens (including phenoxy) is 1. The van der Waals surface area contributed by atoms with Crippen LogP contribution in [-0.4, -0.2) is 16.8 Å². The van der Waals surface area contributed by atoms with Crippen LogP contribution < -0.4 is 0 Å². The third-order valence-electron chi connectivity index (χ3n) is 1.55. The molecule has 74 valence electrons. The third-order valence-corrected chi connectivity index (χ3v) is 1.91. The molecule has 0 aliphatic carbocycles. The van der Waals surface area contributed by atoms with Gasteiger partial charge in [-0.05, 0) is 49.0 Å².